The maximum Gasteiger partial charge on any atom is 0.241 e. The molecule has 0 aromatic rings. The van der Waals surface area contributed by atoms with Crippen LogP contribution in [0.5, 0.6) is 0 Å². The molecule has 6 nitrogen and oxygen atoms in total. The van der Waals surface area contributed by atoms with E-state index in [0.29, 0.717) is 19.5 Å². The first kappa shape index (κ1) is 13.3. The van der Waals surface area contributed by atoms with Crippen molar-refractivity contribution in [1.82, 2.24) is 9.80 Å². The van der Waals surface area contributed by atoms with E-state index >= 15 is 0 Å². The van der Waals surface area contributed by atoms with E-state index in [-0.39, 0.29) is 42.2 Å². The van der Waals surface area contributed by atoms with Crippen LogP contribution < -0.4 is 0 Å². The number of carbonyl (C=O) groups is 2. The van der Waals surface area contributed by atoms with Crippen LogP contribution in [0.3, 0.4) is 0 Å². The van der Waals surface area contributed by atoms with Gasteiger partial charge in [-0.1, -0.05) is 0 Å². The fraction of sp³-hybridized carbons (Fsp3) is 0.818. The molecule has 2 aliphatic heterocycles. The van der Waals surface area contributed by atoms with Gasteiger partial charge in [0.25, 0.3) is 0 Å². The lowest BCUT2D eigenvalue weighted by Gasteiger charge is -2.32. The van der Waals surface area contributed by atoms with Crippen molar-refractivity contribution in [2.24, 2.45) is 5.92 Å². The summed E-state index contributed by atoms with van der Waals surface area (Å²) in [6.45, 7) is 1.21. The average Bonchev–Trinajstić information content (AvgIpc) is 2.62. The van der Waals surface area contributed by atoms with E-state index in [1.165, 1.54) is 4.90 Å². The molecule has 0 saturated carbocycles. The van der Waals surface area contributed by atoms with E-state index in [9.17, 15) is 18.0 Å². The minimum Gasteiger partial charge on any atom is -0.342 e. The first-order chi connectivity index (χ1) is 8.37. The second-order valence-electron chi connectivity index (χ2n) is 5.10. The van der Waals surface area contributed by atoms with Crippen LogP contribution in [0.2, 0.25) is 0 Å². The van der Waals surface area contributed by atoms with Crippen LogP contribution in [0, 0.1) is 5.92 Å². The van der Waals surface area contributed by atoms with E-state index in [2.05, 4.69) is 0 Å². The molecule has 1 unspecified atom stereocenters. The second kappa shape index (κ2) is 4.87. The van der Waals surface area contributed by atoms with Gasteiger partial charge in [0.15, 0.2) is 9.84 Å². The second-order valence-corrected chi connectivity index (χ2v) is 7.33. The van der Waals surface area contributed by atoms with Gasteiger partial charge < -0.3 is 9.80 Å². The molecule has 0 radical (unpaired) electrons. The Morgan fingerprint density at radius 1 is 1.39 bits per heavy atom. The number of sulfone groups is 1. The zero-order valence-electron chi connectivity index (χ0n) is 10.5. The van der Waals surface area contributed by atoms with Crippen molar-refractivity contribution < 1.29 is 18.0 Å². The molecule has 2 amide bonds. The lowest BCUT2D eigenvalue weighted by atomic mass is 10.0. The smallest absolute Gasteiger partial charge is 0.241 e. The summed E-state index contributed by atoms with van der Waals surface area (Å²) in [5, 5.41) is 0. The molecule has 0 spiro atoms. The Morgan fingerprint density at radius 2 is 2.11 bits per heavy atom. The molecule has 0 bridgehead atoms. The Bertz CT molecular complexity index is 460. The van der Waals surface area contributed by atoms with Gasteiger partial charge in [-0.25, -0.2) is 8.42 Å². The quantitative estimate of drug-likeness (QED) is 0.655. The summed E-state index contributed by atoms with van der Waals surface area (Å²) >= 11 is 0. The van der Waals surface area contributed by atoms with E-state index in [1.54, 1.807) is 11.9 Å². The zero-order valence-corrected chi connectivity index (χ0v) is 11.3. The number of piperazine rings is 1. The summed E-state index contributed by atoms with van der Waals surface area (Å²) in [6.07, 6.45) is 0.811. The molecule has 102 valence electrons. The average molecular weight is 274 g/mol. The minimum absolute atomic E-state index is 0.0614. The summed E-state index contributed by atoms with van der Waals surface area (Å²) in [4.78, 5) is 26.6. The predicted molar refractivity (Wildman–Crippen MR) is 65.6 cm³/mol. The highest BCUT2D eigenvalue weighted by Crippen LogP contribution is 2.22. The lowest BCUT2D eigenvalue weighted by Crippen LogP contribution is -2.50. The van der Waals surface area contributed by atoms with Gasteiger partial charge in [0.05, 0.1) is 18.1 Å². The van der Waals surface area contributed by atoms with E-state index in [0.717, 1.165) is 0 Å². The molecule has 2 saturated heterocycles. The van der Waals surface area contributed by atoms with Crippen LogP contribution in [0.1, 0.15) is 12.8 Å². The third kappa shape index (κ3) is 3.01. The SMILES string of the molecule is CN1CCN(C(=O)CC2CCS(=O)(=O)C2)CC1=O. The third-order valence-electron chi connectivity index (χ3n) is 3.60. The summed E-state index contributed by atoms with van der Waals surface area (Å²) in [5.74, 6) is 0.0667. The van der Waals surface area contributed by atoms with Crippen LogP contribution in [-0.2, 0) is 19.4 Å². The number of rotatable bonds is 2. The van der Waals surface area contributed by atoms with Gasteiger partial charge in [-0.15, -0.1) is 0 Å². The van der Waals surface area contributed by atoms with Crippen molar-refractivity contribution in [3.63, 3.8) is 0 Å². The van der Waals surface area contributed by atoms with Crippen LogP contribution in [0.25, 0.3) is 0 Å². The van der Waals surface area contributed by atoms with E-state index in [4.69, 9.17) is 0 Å². The number of carbonyl (C=O) groups excluding carboxylic acids is 2. The number of likely N-dealkylation sites (N-methyl/N-ethyl adjacent to an activating group) is 1. The molecule has 2 fully saturated rings. The van der Waals surface area contributed by atoms with E-state index < -0.39 is 9.84 Å². The van der Waals surface area contributed by atoms with Crippen LogP contribution in [-0.4, -0.2) is 68.2 Å². The van der Waals surface area contributed by atoms with Gasteiger partial charge in [0, 0.05) is 26.6 Å². The van der Waals surface area contributed by atoms with Crippen molar-refractivity contribution in [2.45, 2.75) is 12.8 Å². The van der Waals surface area contributed by atoms with Gasteiger partial charge in [0.2, 0.25) is 11.8 Å². The molecule has 0 aromatic heterocycles. The topological polar surface area (TPSA) is 74.8 Å². The maximum atomic E-state index is 12.0. The highest BCUT2D eigenvalue weighted by molar-refractivity contribution is 7.91. The summed E-state index contributed by atoms with van der Waals surface area (Å²) in [6, 6.07) is 0. The molecule has 2 rings (SSSR count). The Kier molecular flexibility index (Phi) is 3.61. The zero-order chi connectivity index (χ0) is 13.3. The molecule has 2 heterocycles. The normalized spacial score (nSPS) is 27.6. The molecular weight excluding hydrogens is 256 g/mol. The summed E-state index contributed by atoms with van der Waals surface area (Å²) < 4.78 is 22.6. The standard InChI is InChI=1S/C11H18N2O4S/c1-12-3-4-13(7-11(12)15)10(14)6-9-2-5-18(16,17)8-9/h9H,2-8H2,1H3. The van der Waals surface area contributed by atoms with E-state index in [1.807, 2.05) is 0 Å². The molecule has 0 aromatic carbocycles. The molecule has 18 heavy (non-hydrogen) atoms. The van der Waals surface area contributed by atoms with Gasteiger partial charge in [0.1, 0.15) is 0 Å². The van der Waals surface area contributed by atoms with Crippen molar-refractivity contribution in [2.75, 3.05) is 38.2 Å². The molecule has 2 aliphatic rings. The molecule has 0 aliphatic carbocycles. The molecule has 0 N–H and O–H groups in total. The Hall–Kier alpha value is -1.11. The highest BCUT2D eigenvalue weighted by atomic mass is 32.2. The van der Waals surface area contributed by atoms with Crippen LogP contribution in [0.4, 0.5) is 0 Å². The van der Waals surface area contributed by atoms with Gasteiger partial charge in [-0.3, -0.25) is 9.59 Å². The Labute approximate surface area is 107 Å². The van der Waals surface area contributed by atoms with Crippen molar-refractivity contribution in [1.29, 1.82) is 0 Å². The van der Waals surface area contributed by atoms with Gasteiger partial charge >= 0.3 is 0 Å². The van der Waals surface area contributed by atoms with Gasteiger partial charge in [-0.05, 0) is 12.3 Å². The number of amides is 2. The minimum atomic E-state index is -2.94. The fourth-order valence-corrected chi connectivity index (χ4v) is 4.24. The number of hydrogen-bond acceptors (Lipinski definition) is 4. The maximum absolute atomic E-state index is 12.0. The monoisotopic (exact) mass is 274 g/mol. The van der Waals surface area contributed by atoms with Crippen LogP contribution >= 0.6 is 0 Å². The Morgan fingerprint density at radius 3 is 2.67 bits per heavy atom. The molecule has 1 atom stereocenters. The molecular formula is C11H18N2O4S. The summed E-state index contributed by atoms with van der Waals surface area (Å²) in [5.41, 5.74) is 0. The first-order valence-electron chi connectivity index (χ1n) is 6.09. The largest absolute Gasteiger partial charge is 0.342 e. The predicted octanol–water partition coefficient (Wildman–Crippen LogP) is -0.888. The number of hydrogen-bond donors (Lipinski definition) is 0. The highest BCUT2D eigenvalue weighted by Gasteiger charge is 2.32. The van der Waals surface area contributed by atoms with Crippen molar-refractivity contribution >= 4 is 21.7 Å². The van der Waals surface area contributed by atoms with Crippen molar-refractivity contribution in [3.8, 4) is 0 Å². The lowest BCUT2D eigenvalue weighted by molar-refractivity contribution is -0.144. The Balaban J connectivity index is 1.87. The third-order valence-corrected chi connectivity index (χ3v) is 5.44. The summed E-state index contributed by atoms with van der Waals surface area (Å²) in [7, 11) is -1.22. The molecule has 7 heteroatoms. The van der Waals surface area contributed by atoms with Crippen LogP contribution in [0.15, 0.2) is 0 Å². The van der Waals surface area contributed by atoms with Gasteiger partial charge in [-0.2, -0.15) is 0 Å². The van der Waals surface area contributed by atoms with Crippen molar-refractivity contribution in [3.05, 3.63) is 0 Å². The fourth-order valence-electron chi connectivity index (χ4n) is 2.38. The first-order valence-corrected chi connectivity index (χ1v) is 7.92. The number of nitrogens with zero attached hydrogens (tertiary/aromatic N) is 2.